The zero-order chi connectivity index (χ0) is 10.3. The largest absolute Gasteiger partial charge is 0.504 e. The van der Waals surface area contributed by atoms with Crippen molar-refractivity contribution in [2.24, 2.45) is 0 Å². The second-order valence-electron chi connectivity index (χ2n) is 2.98. The van der Waals surface area contributed by atoms with E-state index < -0.39 is 0 Å². The van der Waals surface area contributed by atoms with Crippen LogP contribution in [0.4, 0.5) is 0 Å². The van der Waals surface area contributed by atoms with Crippen molar-refractivity contribution in [3.05, 3.63) is 27.9 Å². The quantitative estimate of drug-likeness (QED) is 0.797. The Bertz CT molecular complexity index is 514. The predicted octanol–water partition coefficient (Wildman–Crippen LogP) is 3.02. The van der Waals surface area contributed by atoms with Crippen LogP contribution in [0.2, 0.25) is 0 Å². The van der Waals surface area contributed by atoms with Gasteiger partial charge in [0.25, 0.3) is 0 Å². The fraction of sp³-hybridized carbons (Fsp3) is 0.100. The van der Waals surface area contributed by atoms with E-state index in [1.807, 2.05) is 0 Å². The van der Waals surface area contributed by atoms with Crippen LogP contribution < -0.4 is 0 Å². The van der Waals surface area contributed by atoms with Gasteiger partial charge < -0.3 is 9.52 Å². The second kappa shape index (κ2) is 3.13. The summed E-state index contributed by atoms with van der Waals surface area (Å²) in [4.78, 5) is 10.6. The van der Waals surface area contributed by atoms with Crippen LogP contribution >= 0.6 is 15.9 Å². The van der Waals surface area contributed by atoms with Gasteiger partial charge in [-0.2, -0.15) is 0 Å². The van der Waals surface area contributed by atoms with Gasteiger partial charge >= 0.3 is 0 Å². The summed E-state index contributed by atoms with van der Waals surface area (Å²) in [5, 5.41) is 10.2. The van der Waals surface area contributed by atoms with Gasteiger partial charge in [-0.15, -0.1) is 0 Å². The molecule has 3 nitrogen and oxygen atoms in total. The Morgan fingerprint density at radius 1 is 1.50 bits per heavy atom. The number of hydrogen-bond acceptors (Lipinski definition) is 3. The third kappa shape index (κ3) is 1.14. The van der Waals surface area contributed by atoms with Crippen molar-refractivity contribution >= 4 is 33.2 Å². The van der Waals surface area contributed by atoms with Crippen molar-refractivity contribution in [3.63, 3.8) is 0 Å². The number of fused-ring (bicyclic) bond motifs is 1. The maximum absolute atomic E-state index is 10.6. The van der Waals surface area contributed by atoms with Crippen LogP contribution in [0.1, 0.15) is 16.1 Å². The van der Waals surface area contributed by atoms with Crippen LogP contribution in [0, 0.1) is 6.92 Å². The number of aryl methyl sites for hydroxylation is 1. The Kier molecular flexibility index (Phi) is 2.07. The Labute approximate surface area is 88.5 Å². The Hall–Kier alpha value is -1.29. The molecule has 1 aromatic carbocycles. The normalized spacial score (nSPS) is 10.7. The van der Waals surface area contributed by atoms with E-state index in [0.29, 0.717) is 11.9 Å². The molecule has 1 aromatic heterocycles. The lowest BCUT2D eigenvalue weighted by atomic mass is 10.1. The van der Waals surface area contributed by atoms with Crippen LogP contribution in [0.5, 0.6) is 5.75 Å². The van der Waals surface area contributed by atoms with Crippen LogP contribution in [-0.2, 0) is 0 Å². The number of carbonyl (C=O) groups is 1. The van der Waals surface area contributed by atoms with E-state index in [-0.39, 0.29) is 11.5 Å². The third-order valence-electron chi connectivity index (χ3n) is 2.15. The van der Waals surface area contributed by atoms with Crippen LogP contribution in [0.25, 0.3) is 11.0 Å². The number of rotatable bonds is 1. The molecule has 0 fully saturated rings. The highest BCUT2D eigenvalue weighted by molar-refractivity contribution is 9.10. The highest BCUT2D eigenvalue weighted by atomic mass is 79.9. The minimum atomic E-state index is 0.0411. The first-order valence-electron chi connectivity index (χ1n) is 4.01. The Balaban J connectivity index is 2.97. The molecule has 0 aliphatic heterocycles. The van der Waals surface area contributed by atoms with Gasteiger partial charge in [0.1, 0.15) is 0 Å². The van der Waals surface area contributed by atoms with Crippen molar-refractivity contribution in [2.45, 2.75) is 6.92 Å². The van der Waals surface area contributed by atoms with E-state index in [2.05, 4.69) is 15.9 Å². The Morgan fingerprint density at radius 2 is 2.21 bits per heavy atom. The topological polar surface area (TPSA) is 50.4 Å². The molecule has 72 valence electrons. The average molecular weight is 255 g/mol. The van der Waals surface area contributed by atoms with Crippen molar-refractivity contribution in [3.8, 4) is 5.75 Å². The molecule has 2 aromatic rings. The Morgan fingerprint density at radius 3 is 2.79 bits per heavy atom. The van der Waals surface area contributed by atoms with Gasteiger partial charge in [-0.25, -0.2) is 0 Å². The van der Waals surface area contributed by atoms with Crippen LogP contribution in [-0.4, -0.2) is 11.4 Å². The van der Waals surface area contributed by atoms with Crippen molar-refractivity contribution in [1.29, 1.82) is 0 Å². The van der Waals surface area contributed by atoms with E-state index >= 15 is 0 Å². The summed E-state index contributed by atoms with van der Waals surface area (Å²) in [6, 6.07) is 3.23. The molecular weight excluding hydrogens is 248 g/mol. The molecule has 14 heavy (non-hydrogen) atoms. The maximum Gasteiger partial charge on any atom is 0.185 e. The molecule has 0 bridgehead atoms. The fourth-order valence-corrected chi connectivity index (χ4v) is 2.03. The molecule has 0 aliphatic carbocycles. The molecule has 0 radical (unpaired) electrons. The summed E-state index contributed by atoms with van der Waals surface area (Å²) in [6.45, 7) is 1.78. The number of aromatic hydroxyl groups is 1. The summed E-state index contributed by atoms with van der Waals surface area (Å²) in [7, 11) is 0. The number of aldehydes is 1. The first kappa shape index (κ1) is 9.27. The van der Waals surface area contributed by atoms with Crippen molar-refractivity contribution in [1.82, 2.24) is 0 Å². The van der Waals surface area contributed by atoms with Crippen LogP contribution in [0.3, 0.4) is 0 Å². The molecule has 0 spiro atoms. The number of hydrogen-bond donors (Lipinski definition) is 1. The number of benzene rings is 1. The summed E-state index contributed by atoms with van der Waals surface area (Å²) in [5.41, 5.74) is 1.08. The number of halogens is 1. The molecule has 2 rings (SSSR count). The van der Waals surface area contributed by atoms with Gasteiger partial charge in [0.05, 0.1) is 0 Å². The zero-order valence-electron chi connectivity index (χ0n) is 7.37. The molecule has 1 heterocycles. The van der Waals surface area contributed by atoms with E-state index in [0.717, 1.165) is 15.4 Å². The molecule has 4 heteroatoms. The number of phenols is 1. The minimum Gasteiger partial charge on any atom is -0.504 e. The van der Waals surface area contributed by atoms with Gasteiger partial charge in [0, 0.05) is 15.4 Å². The van der Waals surface area contributed by atoms with Gasteiger partial charge in [-0.3, -0.25) is 4.79 Å². The SMILES string of the molecule is Cc1c(C=O)oc2c(O)ccc(Br)c12. The summed E-state index contributed by atoms with van der Waals surface area (Å²) in [6.07, 6.45) is 0.640. The molecule has 1 N–H and O–H groups in total. The van der Waals surface area contributed by atoms with Gasteiger partial charge in [0.15, 0.2) is 23.4 Å². The van der Waals surface area contributed by atoms with Crippen molar-refractivity contribution in [2.75, 3.05) is 0 Å². The molecule has 0 atom stereocenters. The lowest BCUT2D eigenvalue weighted by Gasteiger charge is -1.95. The van der Waals surface area contributed by atoms with E-state index in [9.17, 15) is 9.90 Å². The number of furan rings is 1. The van der Waals surface area contributed by atoms with E-state index in [4.69, 9.17) is 4.42 Å². The molecular formula is C10H7BrO3. The predicted molar refractivity (Wildman–Crippen MR) is 55.7 cm³/mol. The highest BCUT2D eigenvalue weighted by Gasteiger charge is 2.15. The van der Waals surface area contributed by atoms with Gasteiger partial charge in [0.2, 0.25) is 0 Å². The fourth-order valence-electron chi connectivity index (χ4n) is 1.42. The minimum absolute atomic E-state index is 0.0411. The molecule has 0 aliphatic rings. The third-order valence-corrected chi connectivity index (χ3v) is 2.81. The molecule has 0 saturated carbocycles. The number of phenolic OH excluding ortho intramolecular Hbond substituents is 1. The van der Waals surface area contributed by atoms with Crippen molar-refractivity contribution < 1.29 is 14.3 Å². The summed E-state index contributed by atoms with van der Waals surface area (Å²) >= 11 is 3.34. The molecule has 0 unspecified atom stereocenters. The monoisotopic (exact) mass is 254 g/mol. The summed E-state index contributed by atoms with van der Waals surface area (Å²) < 4.78 is 6.02. The lowest BCUT2D eigenvalue weighted by molar-refractivity contribution is 0.110. The van der Waals surface area contributed by atoms with E-state index in [1.165, 1.54) is 6.07 Å². The first-order chi connectivity index (χ1) is 6.65. The smallest absolute Gasteiger partial charge is 0.185 e. The first-order valence-corrected chi connectivity index (χ1v) is 4.80. The van der Waals surface area contributed by atoms with Gasteiger partial charge in [-0.05, 0) is 19.1 Å². The molecule has 0 saturated heterocycles. The zero-order valence-corrected chi connectivity index (χ0v) is 8.96. The van der Waals surface area contributed by atoms with Gasteiger partial charge in [-0.1, -0.05) is 15.9 Å². The maximum atomic E-state index is 10.6. The van der Waals surface area contributed by atoms with E-state index in [1.54, 1.807) is 13.0 Å². The summed E-state index contributed by atoms with van der Waals surface area (Å²) in [5.74, 6) is 0.293. The highest BCUT2D eigenvalue weighted by Crippen LogP contribution is 2.36. The molecule has 0 amide bonds. The number of carbonyl (C=O) groups excluding carboxylic acids is 1. The second-order valence-corrected chi connectivity index (χ2v) is 3.83. The standard InChI is InChI=1S/C10H7BrO3/c1-5-8(4-12)14-10-7(13)3-2-6(11)9(5)10/h2-4,13H,1H3. The van der Waals surface area contributed by atoms with Crippen LogP contribution in [0.15, 0.2) is 21.0 Å². The lowest BCUT2D eigenvalue weighted by Crippen LogP contribution is -1.77. The average Bonchev–Trinajstić information content (AvgIpc) is 2.51.